The van der Waals surface area contributed by atoms with Gasteiger partial charge in [0, 0.05) is 32.6 Å². The molecule has 2 fully saturated rings. The third-order valence-corrected chi connectivity index (χ3v) is 5.85. The zero-order valence-electron chi connectivity index (χ0n) is 18.3. The Morgan fingerprint density at radius 2 is 1.91 bits per heavy atom. The lowest BCUT2D eigenvalue weighted by atomic mass is 9.89. The molecule has 3 rings (SSSR count). The van der Waals surface area contributed by atoms with Gasteiger partial charge in [0.1, 0.15) is 6.10 Å². The fourth-order valence-corrected chi connectivity index (χ4v) is 4.16. The largest absolute Gasteiger partial charge is 0.416 e. The van der Waals surface area contributed by atoms with Gasteiger partial charge in [0.25, 0.3) is 0 Å². The molecule has 1 amide bonds. The number of amides is 1. The summed E-state index contributed by atoms with van der Waals surface area (Å²) in [6.07, 6.45) is 0.519. The van der Waals surface area contributed by atoms with Crippen molar-refractivity contribution in [1.82, 2.24) is 15.5 Å². The number of rotatable bonds is 5. The molecule has 1 unspecified atom stereocenters. The number of hydrogen-bond acceptors (Lipinski definition) is 3. The van der Waals surface area contributed by atoms with Crippen LogP contribution >= 0.6 is 24.0 Å². The van der Waals surface area contributed by atoms with E-state index in [4.69, 9.17) is 4.74 Å². The highest BCUT2D eigenvalue weighted by Gasteiger charge is 2.32. The van der Waals surface area contributed by atoms with E-state index in [-0.39, 0.29) is 35.8 Å². The molecule has 32 heavy (non-hydrogen) atoms. The Balaban J connectivity index is 0.00000363. The van der Waals surface area contributed by atoms with Gasteiger partial charge in [-0.2, -0.15) is 13.2 Å². The van der Waals surface area contributed by atoms with Crippen LogP contribution < -0.4 is 10.6 Å². The molecule has 1 aromatic rings. The Labute approximate surface area is 204 Å². The van der Waals surface area contributed by atoms with E-state index in [0.29, 0.717) is 44.3 Å². The number of carbonyl (C=O) groups excluding carboxylic acids is 1. The van der Waals surface area contributed by atoms with E-state index in [2.05, 4.69) is 15.6 Å². The zero-order chi connectivity index (χ0) is 22.3. The third kappa shape index (κ3) is 7.50. The summed E-state index contributed by atoms with van der Waals surface area (Å²) in [5.74, 6) is 0.889. The molecule has 0 aromatic heterocycles. The van der Waals surface area contributed by atoms with Crippen molar-refractivity contribution in [2.24, 2.45) is 10.9 Å². The van der Waals surface area contributed by atoms with Gasteiger partial charge in [0.2, 0.25) is 5.91 Å². The predicted molar refractivity (Wildman–Crippen MR) is 128 cm³/mol. The molecule has 1 aliphatic carbocycles. The van der Waals surface area contributed by atoms with Gasteiger partial charge in [-0.05, 0) is 30.5 Å². The number of alkyl halides is 3. The van der Waals surface area contributed by atoms with Crippen molar-refractivity contribution in [2.45, 2.75) is 44.4 Å². The maximum Gasteiger partial charge on any atom is 0.416 e. The highest BCUT2D eigenvalue weighted by atomic mass is 127. The molecule has 6 nitrogen and oxygen atoms in total. The van der Waals surface area contributed by atoms with E-state index in [9.17, 15) is 18.0 Å². The van der Waals surface area contributed by atoms with Crippen LogP contribution in [0.1, 0.15) is 49.3 Å². The molecule has 1 aliphatic heterocycles. The van der Waals surface area contributed by atoms with Crippen molar-refractivity contribution >= 4 is 35.8 Å². The normalized spacial score (nSPS) is 20.4. The van der Waals surface area contributed by atoms with Crippen molar-refractivity contribution < 1.29 is 22.7 Å². The first kappa shape index (κ1) is 26.7. The molecule has 10 heteroatoms. The molecule has 2 N–H and O–H groups in total. The Kier molecular flexibility index (Phi) is 10.5. The number of aliphatic imine (C=N–C) groups is 1. The van der Waals surface area contributed by atoms with Crippen LogP contribution in [-0.4, -0.2) is 56.6 Å². The van der Waals surface area contributed by atoms with E-state index in [0.717, 1.165) is 37.8 Å². The number of benzene rings is 1. The van der Waals surface area contributed by atoms with Gasteiger partial charge in [-0.25, -0.2) is 0 Å². The summed E-state index contributed by atoms with van der Waals surface area (Å²) in [4.78, 5) is 18.5. The first-order chi connectivity index (χ1) is 14.9. The zero-order valence-corrected chi connectivity index (χ0v) is 20.6. The average Bonchev–Trinajstić information content (AvgIpc) is 2.79. The Hall–Kier alpha value is -1.56. The number of guanidine groups is 1. The molecule has 1 aromatic carbocycles. The van der Waals surface area contributed by atoms with E-state index in [1.807, 2.05) is 4.90 Å². The Morgan fingerprint density at radius 3 is 2.59 bits per heavy atom. The van der Waals surface area contributed by atoms with E-state index in [1.165, 1.54) is 12.5 Å². The van der Waals surface area contributed by atoms with Crippen LogP contribution in [0.5, 0.6) is 0 Å². The van der Waals surface area contributed by atoms with Gasteiger partial charge in [-0.3, -0.25) is 9.79 Å². The summed E-state index contributed by atoms with van der Waals surface area (Å²) in [6, 6.07) is 5.26. The van der Waals surface area contributed by atoms with Crippen molar-refractivity contribution in [3.8, 4) is 0 Å². The van der Waals surface area contributed by atoms with Crippen LogP contribution in [0.3, 0.4) is 0 Å². The lowest BCUT2D eigenvalue weighted by Gasteiger charge is -2.35. The smallest absolute Gasteiger partial charge is 0.370 e. The van der Waals surface area contributed by atoms with Gasteiger partial charge in [0.05, 0.1) is 18.7 Å². The van der Waals surface area contributed by atoms with Gasteiger partial charge < -0.3 is 20.3 Å². The van der Waals surface area contributed by atoms with Crippen LogP contribution in [0.4, 0.5) is 13.2 Å². The summed E-state index contributed by atoms with van der Waals surface area (Å²) >= 11 is 0. The predicted octanol–water partition coefficient (Wildman–Crippen LogP) is 3.97. The number of halogens is 4. The molecule has 0 bridgehead atoms. The summed E-state index contributed by atoms with van der Waals surface area (Å²) < 4.78 is 44.8. The number of nitrogens with one attached hydrogen (secondary N) is 2. The fraction of sp³-hybridized carbons (Fsp3) is 0.636. The van der Waals surface area contributed by atoms with Crippen molar-refractivity contribution in [2.75, 3.05) is 39.8 Å². The second-order valence-corrected chi connectivity index (χ2v) is 8.03. The first-order valence-electron chi connectivity index (χ1n) is 10.9. The number of nitrogens with zero attached hydrogens (tertiary/aromatic N) is 2. The Morgan fingerprint density at radius 1 is 1.19 bits per heavy atom. The summed E-state index contributed by atoms with van der Waals surface area (Å²) in [5.41, 5.74) is -0.184. The standard InChI is InChI=1S/C22H31F3N4O2.HI/c1-26-21(28-11-10-27-20(30)16-6-3-2-4-7-16)29-12-13-31-19(15-29)17-8-5-9-18(14-17)22(23,24)25;/h5,8-9,14,16,19H,2-4,6-7,10-13,15H2,1H3,(H,26,28)(H,27,30);1H. The fourth-order valence-electron chi connectivity index (χ4n) is 4.16. The maximum atomic E-state index is 13.0. The first-order valence-corrected chi connectivity index (χ1v) is 10.9. The second-order valence-electron chi connectivity index (χ2n) is 8.03. The van der Waals surface area contributed by atoms with Crippen molar-refractivity contribution in [3.63, 3.8) is 0 Å². The average molecular weight is 568 g/mol. The molecule has 180 valence electrons. The molecule has 2 aliphatic rings. The molecule has 1 saturated carbocycles. The minimum absolute atomic E-state index is 0. The minimum atomic E-state index is -4.38. The van der Waals surface area contributed by atoms with Crippen LogP contribution in [0.2, 0.25) is 0 Å². The van der Waals surface area contributed by atoms with Gasteiger partial charge in [-0.15, -0.1) is 24.0 Å². The minimum Gasteiger partial charge on any atom is -0.370 e. The summed E-state index contributed by atoms with van der Waals surface area (Å²) in [6.45, 7) is 2.39. The maximum absolute atomic E-state index is 13.0. The highest BCUT2D eigenvalue weighted by Crippen LogP contribution is 2.32. The van der Waals surface area contributed by atoms with Crippen LogP contribution in [0.25, 0.3) is 0 Å². The molecule has 0 radical (unpaired) electrons. The molecule has 1 heterocycles. The van der Waals surface area contributed by atoms with Crippen molar-refractivity contribution in [3.05, 3.63) is 35.4 Å². The Bertz CT molecular complexity index is 770. The van der Waals surface area contributed by atoms with Crippen LogP contribution in [0, 0.1) is 5.92 Å². The molecule has 1 saturated heterocycles. The van der Waals surface area contributed by atoms with Gasteiger partial charge >= 0.3 is 6.18 Å². The second kappa shape index (κ2) is 12.6. The number of carbonyl (C=O) groups is 1. The molecular weight excluding hydrogens is 536 g/mol. The lowest BCUT2D eigenvalue weighted by Crippen LogP contribution is -2.49. The lowest BCUT2D eigenvalue weighted by molar-refractivity contribution is -0.137. The number of ether oxygens (including phenoxy) is 1. The van der Waals surface area contributed by atoms with Crippen molar-refractivity contribution in [1.29, 1.82) is 0 Å². The van der Waals surface area contributed by atoms with E-state index >= 15 is 0 Å². The monoisotopic (exact) mass is 568 g/mol. The summed E-state index contributed by atoms with van der Waals surface area (Å²) in [5, 5.41) is 6.21. The third-order valence-electron chi connectivity index (χ3n) is 5.85. The quantitative estimate of drug-likeness (QED) is 0.244. The van der Waals surface area contributed by atoms with Gasteiger partial charge in [-0.1, -0.05) is 31.4 Å². The van der Waals surface area contributed by atoms with Crippen LogP contribution in [-0.2, 0) is 15.7 Å². The molecule has 1 atom stereocenters. The summed E-state index contributed by atoms with van der Waals surface area (Å²) in [7, 11) is 1.66. The molecule has 0 spiro atoms. The SMILES string of the molecule is CN=C(NCCNC(=O)C1CCCCC1)N1CCOC(c2cccc(C(F)(F)F)c2)C1.I. The van der Waals surface area contributed by atoms with E-state index < -0.39 is 17.8 Å². The van der Waals surface area contributed by atoms with E-state index in [1.54, 1.807) is 13.1 Å². The molecular formula is C22H32F3IN4O2. The highest BCUT2D eigenvalue weighted by molar-refractivity contribution is 14.0. The number of hydrogen-bond donors (Lipinski definition) is 2. The topological polar surface area (TPSA) is 66.0 Å². The van der Waals surface area contributed by atoms with Gasteiger partial charge in [0.15, 0.2) is 5.96 Å². The number of morpholine rings is 1. The van der Waals surface area contributed by atoms with Crippen LogP contribution in [0.15, 0.2) is 29.3 Å².